The van der Waals surface area contributed by atoms with Crippen LogP contribution in [-0.2, 0) is 11.2 Å². The van der Waals surface area contributed by atoms with E-state index < -0.39 is 4.92 Å². The first-order valence-corrected chi connectivity index (χ1v) is 8.48. The summed E-state index contributed by atoms with van der Waals surface area (Å²) in [6, 6.07) is 12.5. The molecule has 0 fully saturated rings. The Bertz CT molecular complexity index is 742. The van der Waals surface area contributed by atoms with Gasteiger partial charge >= 0.3 is 0 Å². The van der Waals surface area contributed by atoms with Crippen molar-refractivity contribution in [3.63, 3.8) is 0 Å². The van der Waals surface area contributed by atoms with Crippen molar-refractivity contribution < 1.29 is 9.72 Å². The first kappa shape index (κ1) is 18.1. The molecule has 126 valence electrons. The van der Waals surface area contributed by atoms with Crippen LogP contribution >= 0.6 is 15.9 Å². The van der Waals surface area contributed by atoms with Gasteiger partial charge in [-0.05, 0) is 45.5 Å². The molecule has 0 heterocycles. The van der Waals surface area contributed by atoms with Crippen molar-refractivity contribution in [2.45, 2.75) is 32.6 Å². The number of nitro benzene ring substituents is 1. The Morgan fingerprint density at radius 2 is 1.88 bits per heavy atom. The van der Waals surface area contributed by atoms with Gasteiger partial charge in [-0.3, -0.25) is 14.9 Å². The summed E-state index contributed by atoms with van der Waals surface area (Å²) in [7, 11) is 0. The van der Waals surface area contributed by atoms with E-state index in [9.17, 15) is 14.9 Å². The summed E-state index contributed by atoms with van der Waals surface area (Å²) < 4.78 is 0.492. The highest BCUT2D eigenvalue weighted by Crippen LogP contribution is 2.27. The predicted octanol–water partition coefficient (Wildman–Crippen LogP) is 5.05. The van der Waals surface area contributed by atoms with Crippen LogP contribution in [0.25, 0.3) is 0 Å². The third-order valence-electron chi connectivity index (χ3n) is 3.72. The number of nitrogens with zero attached hydrogens (tertiary/aromatic N) is 1. The summed E-state index contributed by atoms with van der Waals surface area (Å²) in [6.45, 7) is 4.29. The number of amides is 1. The molecule has 1 amide bonds. The second kappa shape index (κ2) is 8.06. The largest absolute Gasteiger partial charge is 0.325 e. The van der Waals surface area contributed by atoms with Crippen molar-refractivity contribution in [3.8, 4) is 0 Å². The maximum atomic E-state index is 12.1. The average molecular weight is 391 g/mol. The number of non-ortho nitro benzene ring substituents is 1. The number of nitrogens with one attached hydrogen (secondary N) is 1. The lowest BCUT2D eigenvalue weighted by atomic mass is 10.0. The van der Waals surface area contributed by atoms with Gasteiger partial charge in [-0.2, -0.15) is 0 Å². The quantitative estimate of drug-likeness (QED) is 0.553. The molecule has 6 heteroatoms. The molecule has 0 aliphatic heterocycles. The van der Waals surface area contributed by atoms with Crippen LogP contribution in [0.2, 0.25) is 0 Å². The fraction of sp³-hybridized carbons (Fsp3) is 0.278. The van der Waals surface area contributed by atoms with Gasteiger partial charge in [-0.15, -0.1) is 0 Å². The Kier molecular flexibility index (Phi) is 6.09. The van der Waals surface area contributed by atoms with Gasteiger partial charge in [0.15, 0.2) is 0 Å². The molecule has 0 aliphatic rings. The third-order valence-corrected chi connectivity index (χ3v) is 4.38. The van der Waals surface area contributed by atoms with Crippen LogP contribution in [0.5, 0.6) is 0 Å². The summed E-state index contributed by atoms with van der Waals surface area (Å²) in [4.78, 5) is 22.3. The van der Waals surface area contributed by atoms with Gasteiger partial charge in [-0.1, -0.05) is 38.1 Å². The normalized spacial score (nSPS) is 10.7. The monoisotopic (exact) mass is 390 g/mol. The van der Waals surface area contributed by atoms with Crippen LogP contribution in [0.15, 0.2) is 46.9 Å². The van der Waals surface area contributed by atoms with Crippen molar-refractivity contribution >= 4 is 33.2 Å². The Morgan fingerprint density at radius 1 is 1.21 bits per heavy atom. The van der Waals surface area contributed by atoms with Gasteiger partial charge in [0.25, 0.3) is 5.69 Å². The van der Waals surface area contributed by atoms with Gasteiger partial charge < -0.3 is 5.32 Å². The highest BCUT2D eigenvalue weighted by molar-refractivity contribution is 9.10. The topological polar surface area (TPSA) is 72.2 Å². The number of halogens is 1. The number of benzene rings is 2. The number of hydrogen-bond acceptors (Lipinski definition) is 3. The molecule has 24 heavy (non-hydrogen) atoms. The summed E-state index contributed by atoms with van der Waals surface area (Å²) in [5.41, 5.74) is 2.89. The maximum Gasteiger partial charge on any atom is 0.270 e. The summed E-state index contributed by atoms with van der Waals surface area (Å²) >= 11 is 3.24. The molecule has 0 radical (unpaired) electrons. The van der Waals surface area contributed by atoms with Gasteiger partial charge in [0.05, 0.1) is 10.6 Å². The molecule has 0 aliphatic carbocycles. The van der Waals surface area contributed by atoms with Crippen LogP contribution in [0.4, 0.5) is 11.4 Å². The van der Waals surface area contributed by atoms with Crippen molar-refractivity contribution in [2.24, 2.45) is 0 Å². The molecule has 0 saturated carbocycles. The van der Waals surface area contributed by atoms with E-state index in [0.29, 0.717) is 28.9 Å². The first-order chi connectivity index (χ1) is 11.4. The third kappa shape index (κ3) is 4.89. The number of carbonyl (C=O) groups excluding carboxylic acids is 1. The van der Waals surface area contributed by atoms with Gasteiger partial charge in [0.2, 0.25) is 5.91 Å². The molecule has 0 atom stereocenters. The number of aryl methyl sites for hydroxylation is 1. The second-order valence-electron chi connectivity index (χ2n) is 5.87. The Hall–Kier alpha value is -2.21. The molecule has 2 aromatic carbocycles. The van der Waals surface area contributed by atoms with E-state index in [4.69, 9.17) is 0 Å². The summed E-state index contributed by atoms with van der Waals surface area (Å²) in [6.07, 6.45) is 0.999. The minimum atomic E-state index is -0.475. The standard InChI is InChI=1S/C18H19BrN2O3/c1-12(2)14-6-3-13(4-7-14)5-10-18(22)20-17-9-8-15(21(23)24)11-16(17)19/h3-4,6-9,11-12H,5,10H2,1-2H3,(H,20,22). The van der Waals surface area contributed by atoms with Crippen molar-refractivity contribution in [2.75, 3.05) is 5.32 Å². The molecule has 0 spiro atoms. The van der Waals surface area contributed by atoms with E-state index in [0.717, 1.165) is 5.56 Å². The van der Waals surface area contributed by atoms with Crippen LogP contribution in [0, 0.1) is 10.1 Å². The van der Waals surface area contributed by atoms with Crippen molar-refractivity contribution in [3.05, 3.63) is 68.2 Å². The zero-order chi connectivity index (χ0) is 17.7. The van der Waals surface area contributed by atoms with E-state index in [1.165, 1.54) is 23.8 Å². The molecular weight excluding hydrogens is 372 g/mol. The molecule has 0 bridgehead atoms. The van der Waals surface area contributed by atoms with Gasteiger partial charge in [0.1, 0.15) is 0 Å². The highest BCUT2D eigenvalue weighted by atomic mass is 79.9. The maximum absolute atomic E-state index is 12.1. The SMILES string of the molecule is CC(C)c1ccc(CCC(=O)Nc2ccc([N+](=O)[O-])cc2Br)cc1. The lowest BCUT2D eigenvalue weighted by Crippen LogP contribution is -2.12. The average Bonchev–Trinajstić information content (AvgIpc) is 2.55. The molecule has 1 N–H and O–H groups in total. The van der Waals surface area contributed by atoms with E-state index >= 15 is 0 Å². The fourth-order valence-electron chi connectivity index (χ4n) is 2.26. The molecule has 0 saturated heterocycles. The van der Waals surface area contributed by atoms with Crippen LogP contribution in [0.3, 0.4) is 0 Å². The molecule has 0 unspecified atom stereocenters. The highest BCUT2D eigenvalue weighted by Gasteiger charge is 2.11. The van der Waals surface area contributed by atoms with Crippen molar-refractivity contribution in [1.29, 1.82) is 0 Å². The Morgan fingerprint density at radius 3 is 2.42 bits per heavy atom. The smallest absolute Gasteiger partial charge is 0.270 e. The lowest BCUT2D eigenvalue weighted by molar-refractivity contribution is -0.384. The van der Waals surface area contributed by atoms with E-state index in [2.05, 4.69) is 47.2 Å². The minimum absolute atomic E-state index is 0.0230. The zero-order valence-electron chi connectivity index (χ0n) is 13.6. The fourth-order valence-corrected chi connectivity index (χ4v) is 2.72. The molecule has 5 nitrogen and oxygen atoms in total. The summed E-state index contributed by atoms with van der Waals surface area (Å²) in [5.74, 6) is 0.360. The van der Waals surface area contributed by atoms with Crippen LogP contribution in [0.1, 0.15) is 37.3 Å². The van der Waals surface area contributed by atoms with Crippen LogP contribution < -0.4 is 5.32 Å². The molecule has 0 aromatic heterocycles. The first-order valence-electron chi connectivity index (χ1n) is 7.69. The van der Waals surface area contributed by atoms with Gasteiger partial charge in [-0.25, -0.2) is 0 Å². The molecular formula is C18H19BrN2O3. The minimum Gasteiger partial charge on any atom is -0.325 e. The number of carbonyl (C=O) groups is 1. The zero-order valence-corrected chi connectivity index (χ0v) is 15.2. The van der Waals surface area contributed by atoms with Crippen LogP contribution in [-0.4, -0.2) is 10.8 Å². The van der Waals surface area contributed by atoms with E-state index in [1.807, 2.05) is 12.1 Å². The summed E-state index contributed by atoms with van der Waals surface area (Å²) in [5, 5.41) is 13.5. The number of anilines is 1. The Labute approximate surface area is 149 Å². The Balaban J connectivity index is 1.92. The van der Waals surface area contributed by atoms with E-state index in [-0.39, 0.29) is 11.6 Å². The molecule has 2 rings (SSSR count). The van der Waals surface area contributed by atoms with Crippen molar-refractivity contribution in [1.82, 2.24) is 0 Å². The number of rotatable bonds is 6. The molecule has 2 aromatic rings. The number of hydrogen-bond donors (Lipinski definition) is 1. The number of nitro groups is 1. The van der Waals surface area contributed by atoms with E-state index in [1.54, 1.807) is 0 Å². The lowest BCUT2D eigenvalue weighted by Gasteiger charge is -2.09. The van der Waals surface area contributed by atoms with Gasteiger partial charge in [0, 0.05) is 23.0 Å². The predicted molar refractivity (Wildman–Crippen MR) is 98.3 cm³/mol. The second-order valence-corrected chi connectivity index (χ2v) is 6.72.